The van der Waals surface area contributed by atoms with Crippen molar-refractivity contribution in [3.63, 3.8) is 0 Å². The van der Waals surface area contributed by atoms with Crippen molar-refractivity contribution in [1.82, 2.24) is 4.98 Å². The molecule has 140 valence electrons. The second-order valence-electron chi connectivity index (χ2n) is 6.02. The zero-order chi connectivity index (χ0) is 19.7. The minimum atomic E-state index is -0.0429. The summed E-state index contributed by atoms with van der Waals surface area (Å²) < 4.78 is 11.9. The van der Waals surface area contributed by atoms with E-state index in [0.717, 1.165) is 15.8 Å². The predicted molar refractivity (Wildman–Crippen MR) is 111 cm³/mol. The first-order valence-electron chi connectivity index (χ1n) is 8.34. The number of ether oxygens (including phenoxy) is 1. The number of halogens is 1. The van der Waals surface area contributed by atoms with Gasteiger partial charge < -0.3 is 19.4 Å². The molecule has 0 amide bonds. The molecule has 0 radical (unpaired) electrons. The number of aliphatic imine (C=N–C) groups is 1. The fourth-order valence-electron chi connectivity index (χ4n) is 2.70. The molecule has 4 aromatic rings. The van der Waals surface area contributed by atoms with Crippen LogP contribution in [0.5, 0.6) is 17.2 Å². The highest BCUT2D eigenvalue weighted by atomic mass is 79.9. The third kappa shape index (κ3) is 3.57. The zero-order valence-corrected chi connectivity index (χ0v) is 16.3. The van der Waals surface area contributed by atoms with Crippen LogP contribution in [0, 0.1) is 0 Å². The van der Waals surface area contributed by atoms with Gasteiger partial charge in [-0.2, -0.15) is 0 Å². The van der Waals surface area contributed by atoms with Crippen molar-refractivity contribution in [2.75, 3.05) is 7.11 Å². The number of aromatic nitrogens is 1. The number of benzene rings is 3. The van der Waals surface area contributed by atoms with Crippen LogP contribution in [0.3, 0.4) is 0 Å². The molecule has 4 rings (SSSR count). The van der Waals surface area contributed by atoms with Crippen LogP contribution in [0.1, 0.15) is 5.56 Å². The monoisotopic (exact) mass is 438 g/mol. The number of phenols is 2. The summed E-state index contributed by atoms with van der Waals surface area (Å²) in [6, 6.07) is 15.3. The number of hydrogen-bond donors (Lipinski definition) is 2. The average molecular weight is 439 g/mol. The van der Waals surface area contributed by atoms with Gasteiger partial charge in [-0.3, -0.25) is 4.99 Å². The molecule has 1 heterocycles. The molecule has 3 aromatic carbocycles. The molecule has 28 heavy (non-hydrogen) atoms. The van der Waals surface area contributed by atoms with Crippen molar-refractivity contribution in [3.05, 3.63) is 64.6 Å². The Kier molecular flexibility index (Phi) is 4.75. The van der Waals surface area contributed by atoms with Gasteiger partial charge in [0.25, 0.3) is 0 Å². The summed E-state index contributed by atoms with van der Waals surface area (Å²) in [6.45, 7) is 0. The van der Waals surface area contributed by atoms with E-state index in [4.69, 9.17) is 9.15 Å². The fourth-order valence-corrected chi connectivity index (χ4v) is 3.24. The van der Waals surface area contributed by atoms with E-state index in [1.165, 1.54) is 18.3 Å². The molecule has 2 N–H and O–H groups in total. The summed E-state index contributed by atoms with van der Waals surface area (Å²) in [5.41, 5.74) is 3.31. The Morgan fingerprint density at radius 3 is 2.68 bits per heavy atom. The number of methoxy groups -OCH3 is 1. The molecule has 0 bridgehead atoms. The van der Waals surface area contributed by atoms with Gasteiger partial charge in [-0.15, -0.1) is 0 Å². The highest BCUT2D eigenvalue weighted by Crippen LogP contribution is 2.32. The van der Waals surface area contributed by atoms with Gasteiger partial charge in [-0.05, 0) is 64.5 Å². The Morgan fingerprint density at radius 1 is 1.07 bits per heavy atom. The van der Waals surface area contributed by atoms with E-state index in [1.54, 1.807) is 31.4 Å². The molecule has 1 aromatic heterocycles. The number of fused-ring (bicyclic) bond motifs is 1. The number of rotatable bonds is 4. The van der Waals surface area contributed by atoms with Crippen molar-refractivity contribution < 1.29 is 19.4 Å². The molecule has 0 spiro atoms. The van der Waals surface area contributed by atoms with E-state index < -0.39 is 0 Å². The third-order valence-corrected chi connectivity index (χ3v) is 4.76. The molecule has 6 nitrogen and oxygen atoms in total. The maximum atomic E-state index is 9.84. The number of nitrogens with zero attached hydrogens (tertiary/aromatic N) is 2. The normalized spacial score (nSPS) is 11.4. The minimum absolute atomic E-state index is 0.00337. The van der Waals surface area contributed by atoms with E-state index in [0.29, 0.717) is 28.2 Å². The van der Waals surface area contributed by atoms with Crippen molar-refractivity contribution in [3.8, 4) is 28.7 Å². The van der Waals surface area contributed by atoms with Crippen molar-refractivity contribution >= 4 is 38.9 Å². The van der Waals surface area contributed by atoms with E-state index >= 15 is 0 Å². The summed E-state index contributed by atoms with van der Waals surface area (Å²) in [5.74, 6) is 1.18. The highest BCUT2D eigenvalue weighted by Gasteiger charge is 2.11. The van der Waals surface area contributed by atoms with Crippen LogP contribution in [-0.2, 0) is 0 Å². The Balaban J connectivity index is 1.64. The van der Waals surface area contributed by atoms with E-state index in [1.807, 2.05) is 18.2 Å². The second-order valence-corrected chi connectivity index (χ2v) is 6.88. The lowest BCUT2D eigenvalue weighted by atomic mass is 10.2. The number of hydrogen-bond acceptors (Lipinski definition) is 6. The third-order valence-electron chi connectivity index (χ3n) is 4.14. The molecular formula is C21H15BrN2O4. The molecule has 0 aliphatic carbocycles. The summed E-state index contributed by atoms with van der Waals surface area (Å²) in [4.78, 5) is 8.90. The molecule has 0 aliphatic heterocycles. The zero-order valence-electron chi connectivity index (χ0n) is 14.8. The van der Waals surface area contributed by atoms with Gasteiger partial charge in [0.05, 0.1) is 17.3 Å². The standard InChI is InChI=1S/C21H15BrN2O4/c1-27-19-6-3-12(8-16(19)22)21-24-17-9-14(4-7-20(17)28-21)23-11-13-2-5-15(25)10-18(13)26/h2-11,25-26H,1H3. The van der Waals surface area contributed by atoms with Crippen LogP contribution < -0.4 is 4.74 Å². The molecule has 0 aliphatic rings. The fraction of sp³-hybridized carbons (Fsp3) is 0.0476. The maximum absolute atomic E-state index is 9.84. The van der Waals surface area contributed by atoms with Crippen molar-refractivity contribution in [2.45, 2.75) is 0 Å². The predicted octanol–water partition coefficient (Wildman–Crippen LogP) is 5.43. The lowest BCUT2D eigenvalue weighted by molar-refractivity contribution is 0.412. The van der Waals surface area contributed by atoms with Gasteiger partial charge in [0.2, 0.25) is 5.89 Å². The van der Waals surface area contributed by atoms with Crippen molar-refractivity contribution in [1.29, 1.82) is 0 Å². The van der Waals surface area contributed by atoms with Gasteiger partial charge in [0.15, 0.2) is 5.58 Å². The summed E-state index contributed by atoms with van der Waals surface area (Å²) in [6.07, 6.45) is 1.53. The summed E-state index contributed by atoms with van der Waals surface area (Å²) >= 11 is 3.46. The van der Waals surface area contributed by atoms with Crippen LogP contribution in [0.15, 0.2) is 68.5 Å². The van der Waals surface area contributed by atoms with Crippen LogP contribution >= 0.6 is 15.9 Å². The number of oxazole rings is 1. The highest BCUT2D eigenvalue weighted by molar-refractivity contribution is 9.10. The van der Waals surface area contributed by atoms with E-state index in [-0.39, 0.29) is 11.5 Å². The quantitative estimate of drug-likeness (QED) is 0.414. The first-order chi connectivity index (χ1) is 13.5. The van der Waals surface area contributed by atoms with Crippen LogP contribution in [0.2, 0.25) is 0 Å². The molecule has 0 unspecified atom stereocenters. The molecule has 0 atom stereocenters. The van der Waals surface area contributed by atoms with Gasteiger partial charge in [0, 0.05) is 23.4 Å². The number of phenolic OH excluding ortho intramolecular Hbond substituents is 2. The first-order valence-corrected chi connectivity index (χ1v) is 9.13. The Hall–Kier alpha value is -3.32. The smallest absolute Gasteiger partial charge is 0.227 e. The maximum Gasteiger partial charge on any atom is 0.227 e. The molecule has 0 saturated carbocycles. The summed E-state index contributed by atoms with van der Waals surface area (Å²) in [7, 11) is 1.61. The molecule has 0 fully saturated rings. The van der Waals surface area contributed by atoms with Gasteiger partial charge in [-0.25, -0.2) is 4.98 Å². The molecule has 7 heteroatoms. The lowest BCUT2D eigenvalue weighted by Crippen LogP contribution is -1.85. The summed E-state index contributed by atoms with van der Waals surface area (Å²) in [5, 5.41) is 19.2. The van der Waals surface area contributed by atoms with Crippen LogP contribution in [0.4, 0.5) is 5.69 Å². The second kappa shape index (κ2) is 7.36. The minimum Gasteiger partial charge on any atom is -0.508 e. The Bertz CT molecular complexity index is 1200. The van der Waals surface area contributed by atoms with Crippen LogP contribution in [0.25, 0.3) is 22.6 Å². The topological polar surface area (TPSA) is 88.1 Å². The van der Waals surface area contributed by atoms with E-state index in [2.05, 4.69) is 25.9 Å². The van der Waals surface area contributed by atoms with Crippen molar-refractivity contribution in [2.24, 2.45) is 4.99 Å². The van der Waals surface area contributed by atoms with Gasteiger partial charge in [0.1, 0.15) is 22.8 Å². The van der Waals surface area contributed by atoms with Crippen LogP contribution in [-0.4, -0.2) is 28.5 Å². The Labute approximate surface area is 168 Å². The Morgan fingerprint density at radius 2 is 1.93 bits per heavy atom. The SMILES string of the molecule is COc1ccc(-c2nc3cc(N=Cc4ccc(O)cc4O)ccc3o2)cc1Br. The molecule has 0 saturated heterocycles. The van der Waals surface area contributed by atoms with E-state index in [9.17, 15) is 10.2 Å². The van der Waals surface area contributed by atoms with Gasteiger partial charge in [-0.1, -0.05) is 0 Å². The number of aromatic hydroxyl groups is 2. The van der Waals surface area contributed by atoms with Gasteiger partial charge >= 0.3 is 0 Å². The molecular weight excluding hydrogens is 424 g/mol. The largest absolute Gasteiger partial charge is 0.508 e. The average Bonchev–Trinajstić information content (AvgIpc) is 3.10. The first kappa shape index (κ1) is 18.1. The lowest BCUT2D eigenvalue weighted by Gasteiger charge is -2.03.